The fourth-order valence-electron chi connectivity index (χ4n) is 3.16. The molecule has 0 radical (unpaired) electrons. The molecule has 8 heteroatoms. The Kier molecular flexibility index (Phi) is 4.72. The molecule has 3 rings (SSSR count). The summed E-state index contributed by atoms with van der Waals surface area (Å²) in [6, 6.07) is 9.24. The van der Waals surface area contributed by atoms with E-state index in [0.29, 0.717) is 6.42 Å². The lowest BCUT2D eigenvalue weighted by molar-refractivity contribution is -0.115. The molecule has 6 nitrogen and oxygen atoms in total. The SMILES string of the molecule is Cc1ccc(NC(=O)CN2c3ccc(S(N)(=O)=O)cc3CC2C)c(F)c1. The minimum atomic E-state index is -3.77. The monoisotopic (exact) mass is 377 g/mol. The Morgan fingerprint density at radius 1 is 1.31 bits per heavy atom. The van der Waals surface area contributed by atoms with E-state index in [4.69, 9.17) is 5.14 Å². The Labute approximate surface area is 151 Å². The molecule has 1 atom stereocenters. The summed E-state index contributed by atoms with van der Waals surface area (Å²) in [5, 5.41) is 7.75. The van der Waals surface area contributed by atoms with Crippen molar-refractivity contribution in [3.05, 3.63) is 53.3 Å². The fourth-order valence-corrected chi connectivity index (χ4v) is 3.72. The van der Waals surface area contributed by atoms with E-state index < -0.39 is 15.8 Å². The minimum absolute atomic E-state index is 0.00865. The van der Waals surface area contributed by atoms with E-state index in [1.165, 1.54) is 18.2 Å². The highest BCUT2D eigenvalue weighted by Gasteiger charge is 2.28. The molecule has 1 aliphatic rings. The molecule has 1 unspecified atom stereocenters. The van der Waals surface area contributed by atoms with Crippen LogP contribution in [0.25, 0.3) is 0 Å². The third-order valence-corrected chi connectivity index (χ3v) is 5.36. The number of hydrogen-bond donors (Lipinski definition) is 2. The van der Waals surface area contributed by atoms with Gasteiger partial charge in [0.15, 0.2) is 0 Å². The van der Waals surface area contributed by atoms with Gasteiger partial charge < -0.3 is 10.2 Å². The number of hydrogen-bond acceptors (Lipinski definition) is 4. The number of nitrogens with two attached hydrogens (primary N) is 1. The lowest BCUT2D eigenvalue weighted by Gasteiger charge is -2.24. The zero-order chi connectivity index (χ0) is 19.1. The van der Waals surface area contributed by atoms with Crippen LogP contribution in [0.5, 0.6) is 0 Å². The van der Waals surface area contributed by atoms with Crippen molar-refractivity contribution in [2.75, 3.05) is 16.8 Å². The van der Waals surface area contributed by atoms with Crippen LogP contribution < -0.4 is 15.4 Å². The molecular formula is C18H20FN3O3S. The van der Waals surface area contributed by atoms with Crippen LogP contribution in [0.2, 0.25) is 0 Å². The molecule has 1 heterocycles. The third-order valence-electron chi connectivity index (χ3n) is 4.45. The van der Waals surface area contributed by atoms with Crippen LogP contribution >= 0.6 is 0 Å². The molecule has 2 aromatic rings. The highest BCUT2D eigenvalue weighted by atomic mass is 32.2. The molecular weight excluding hydrogens is 357 g/mol. The lowest BCUT2D eigenvalue weighted by atomic mass is 10.1. The van der Waals surface area contributed by atoms with Crippen molar-refractivity contribution in [3.8, 4) is 0 Å². The maximum absolute atomic E-state index is 13.9. The first kappa shape index (κ1) is 18.3. The van der Waals surface area contributed by atoms with Gasteiger partial charge in [-0.1, -0.05) is 6.07 Å². The quantitative estimate of drug-likeness (QED) is 0.854. The van der Waals surface area contributed by atoms with Gasteiger partial charge in [0.1, 0.15) is 5.82 Å². The lowest BCUT2D eigenvalue weighted by Crippen LogP contribution is -2.37. The summed E-state index contributed by atoms with van der Waals surface area (Å²) in [7, 11) is -3.77. The van der Waals surface area contributed by atoms with Crippen molar-refractivity contribution in [3.63, 3.8) is 0 Å². The average molecular weight is 377 g/mol. The second-order valence-electron chi connectivity index (χ2n) is 6.55. The minimum Gasteiger partial charge on any atom is -0.359 e. The van der Waals surface area contributed by atoms with Crippen LogP contribution in [0, 0.1) is 12.7 Å². The van der Waals surface area contributed by atoms with E-state index >= 15 is 0 Å². The van der Waals surface area contributed by atoms with Crippen molar-refractivity contribution >= 4 is 27.3 Å². The van der Waals surface area contributed by atoms with Crippen LogP contribution in [0.15, 0.2) is 41.3 Å². The van der Waals surface area contributed by atoms with E-state index in [1.807, 2.05) is 11.8 Å². The fraction of sp³-hybridized carbons (Fsp3) is 0.278. The van der Waals surface area contributed by atoms with Crippen LogP contribution in [0.1, 0.15) is 18.1 Å². The van der Waals surface area contributed by atoms with Crippen LogP contribution in [-0.2, 0) is 21.2 Å². The number of aryl methyl sites for hydroxylation is 1. The number of sulfonamides is 1. The molecule has 0 fully saturated rings. The molecule has 0 aliphatic carbocycles. The Bertz CT molecular complexity index is 976. The Morgan fingerprint density at radius 3 is 2.69 bits per heavy atom. The zero-order valence-corrected chi connectivity index (χ0v) is 15.3. The molecule has 0 aromatic heterocycles. The molecule has 1 aliphatic heterocycles. The summed E-state index contributed by atoms with van der Waals surface area (Å²) in [5.41, 5.74) is 2.51. The highest BCUT2D eigenvalue weighted by Crippen LogP contribution is 2.33. The second-order valence-corrected chi connectivity index (χ2v) is 8.11. The molecule has 1 amide bonds. The van der Waals surface area contributed by atoms with Crippen molar-refractivity contribution in [1.29, 1.82) is 0 Å². The number of halogens is 1. The molecule has 138 valence electrons. The molecule has 26 heavy (non-hydrogen) atoms. The zero-order valence-electron chi connectivity index (χ0n) is 14.5. The summed E-state index contributed by atoms with van der Waals surface area (Å²) in [4.78, 5) is 14.3. The van der Waals surface area contributed by atoms with E-state index in [9.17, 15) is 17.6 Å². The van der Waals surface area contributed by atoms with Gasteiger partial charge in [-0.25, -0.2) is 17.9 Å². The van der Waals surface area contributed by atoms with E-state index in [2.05, 4.69) is 5.32 Å². The van der Waals surface area contributed by atoms with Gasteiger partial charge in [-0.15, -0.1) is 0 Å². The van der Waals surface area contributed by atoms with Gasteiger partial charge in [0.2, 0.25) is 15.9 Å². The molecule has 0 spiro atoms. The Balaban J connectivity index is 1.78. The number of primary sulfonamides is 1. The molecule has 0 saturated carbocycles. The van der Waals surface area contributed by atoms with Crippen molar-refractivity contribution < 1.29 is 17.6 Å². The van der Waals surface area contributed by atoms with Gasteiger partial charge in [-0.2, -0.15) is 0 Å². The van der Waals surface area contributed by atoms with Crippen LogP contribution in [-0.4, -0.2) is 26.9 Å². The maximum atomic E-state index is 13.9. The van der Waals surface area contributed by atoms with Crippen molar-refractivity contribution in [1.82, 2.24) is 0 Å². The molecule has 0 saturated heterocycles. The van der Waals surface area contributed by atoms with Crippen molar-refractivity contribution in [2.45, 2.75) is 31.2 Å². The van der Waals surface area contributed by atoms with Gasteiger partial charge in [0.05, 0.1) is 17.1 Å². The van der Waals surface area contributed by atoms with Gasteiger partial charge in [0.25, 0.3) is 0 Å². The van der Waals surface area contributed by atoms with Gasteiger partial charge in [-0.05, 0) is 61.7 Å². The third kappa shape index (κ3) is 3.71. The number of amides is 1. The number of fused-ring (bicyclic) bond motifs is 1. The summed E-state index contributed by atoms with van der Waals surface area (Å²) in [5.74, 6) is -0.825. The average Bonchev–Trinajstić information content (AvgIpc) is 2.84. The maximum Gasteiger partial charge on any atom is 0.243 e. The number of benzene rings is 2. The van der Waals surface area contributed by atoms with E-state index in [-0.39, 0.29) is 29.1 Å². The Morgan fingerprint density at radius 2 is 2.04 bits per heavy atom. The predicted molar refractivity (Wildman–Crippen MR) is 98.1 cm³/mol. The number of nitrogens with zero attached hydrogens (tertiary/aromatic N) is 1. The number of rotatable bonds is 4. The summed E-state index contributed by atoms with van der Waals surface area (Å²) in [6.45, 7) is 3.75. The number of carbonyl (C=O) groups is 1. The Hall–Kier alpha value is -2.45. The van der Waals surface area contributed by atoms with Gasteiger partial charge >= 0.3 is 0 Å². The van der Waals surface area contributed by atoms with E-state index in [1.54, 1.807) is 25.1 Å². The van der Waals surface area contributed by atoms with Gasteiger partial charge in [0, 0.05) is 11.7 Å². The first-order valence-corrected chi connectivity index (χ1v) is 9.68. The predicted octanol–water partition coefficient (Wildman–Crippen LogP) is 2.17. The molecule has 2 aromatic carbocycles. The summed E-state index contributed by atoms with van der Waals surface area (Å²) in [6.07, 6.45) is 0.602. The van der Waals surface area contributed by atoms with E-state index in [0.717, 1.165) is 16.8 Å². The summed E-state index contributed by atoms with van der Waals surface area (Å²) >= 11 is 0. The van der Waals surface area contributed by atoms with Crippen LogP contribution in [0.4, 0.5) is 15.8 Å². The number of nitrogens with one attached hydrogen (secondary N) is 1. The molecule has 3 N–H and O–H groups in total. The number of anilines is 2. The normalized spacial score (nSPS) is 16.5. The largest absolute Gasteiger partial charge is 0.359 e. The smallest absolute Gasteiger partial charge is 0.243 e. The highest BCUT2D eigenvalue weighted by molar-refractivity contribution is 7.89. The topological polar surface area (TPSA) is 92.5 Å². The van der Waals surface area contributed by atoms with Gasteiger partial charge in [-0.3, -0.25) is 4.79 Å². The second kappa shape index (κ2) is 6.69. The molecule has 0 bridgehead atoms. The van der Waals surface area contributed by atoms with Crippen LogP contribution in [0.3, 0.4) is 0 Å². The number of carbonyl (C=O) groups excluding carboxylic acids is 1. The van der Waals surface area contributed by atoms with Crippen molar-refractivity contribution in [2.24, 2.45) is 5.14 Å². The summed E-state index contributed by atoms with van der Waals surface area (Å²) < 4.78 is 36.9. The first-order chi connectivity index (χ1) is 12.1. The first-order valence-electron chi connectivity index (χ1n) is 8.13. The standard InChI is InChI=1S/C18H20FN3O3S/c1-11-3-5-16(15(19)7-11)21-18(23)10-22-12(2)8-13-9-14(26(20,24)25)4-6-17(13)22/h3-7,9,12H,8,10H2,1-2H3,(H,21,23)(H2,20,24,25).